The predicted octanol–water partition coefficient (Wildman–Crippen LogP) is 5.78. The molecule has 4 aromatic rings. The smallest absolute Gasteiger partial charge is 0.0349 e. The summed E-state index contributed by atoms with van der Waals surface area (Å²) >= 11 is 3.62. The zero-order valence-electron chi connectivity index (χ0n) is 9.59. The molecule has 0 saturated carbocycles. The second-order valence-electron chi connectivity index (χ2n) is 4.32. The van der Waals surface area contributed by atoms with Crippen LogP contribution in [-0.2, 0) is 0 Å². The van der Waals surface area contributed by atoms with E-state index < -0.39 is 0 Å². The summed E-state index contributed by atoms with van der Waals surface area (Å²) in [4.78, 5) is 0. The first-order valence-corrected chi connectivity index (χ1v) is 7.62. The highest BCUT2D eigenvalue weighted by molar-refractivity contribution is 7.18. The highest BCUT2D eigenvalue weighted by Gasteiger charge is 2.06. The number of benzene rings is 2. The summed E-state index contributed by atoms with van der Waals surface area (Å²) in [6.07, 6.45) is 0. The van der Waals surface area contributed by atoms with Crippen LogP contribution in [0.15, 0.2) is 59.3 Å². The van der Waals surface area contributed by atoms with Gasteiger partial charge in [0.2, 0.25) is 0 Å². The van der Waals surface area contributed by atoms with Crippen molar-refractivity contribution in [3.63, 3.8) is 0 Å². The topological polar surface area (TPSA) is 0 Å². The fourth-order valence-electron chi connectivity index (χ4n) is 2.34. The van der Waals surface area contributed by atoms with Gasteiger partial charge in [-0.25, -0.2) is 0 Å². The molecule has 0 saturated heterocycles. The Morgan fingerprint density at radius 2 is 1.72 bits per heavy atom. The second kappa shape index (κ2) is 3.94. The Morgan fingerprint density at radius 3 is 2.72 bits per heavy atom. The lowest BCUT2D eigenvalue weighted by molar-refractivity contribution is 1.77. The van der Waals surface area contributed by atoms with Gasteiger partial charge in [-0.2, -0.15) is 0 Å². The predicted molar refractivity (Wildman–Crippen MR) is 82.6 cm³/mol. The largest absolute Gasteiger partial charge is 0.144 e. The van der Waals surface area contributed by atoms with Crippen LogP contribution < -0.4 is 0 Å². The third-order valence-corrected chi connectivity index (χ3v) is 5.11. The van der Waals surface area contributed by atoms with Crippen LogP contribution in [0.4, 0.5) is 0 Å². The zero-order chi connectivity index (χ0) is 11.9. The van der Waals surface area contributed by atoms with Crippen LogP contribution in [0.1, 0.15) is 0 Å². The van der Waals surface area contributed by atoms with Gasteiger partial charge in [0, 0.05) is 20.3 Å². The summed E-state index contributed by atoms with van der Waals surface area (Å²) < 4.78 is 2.72. The Labute approximate surface area is 113 Å². The minimum atomic E-state index is 1.32. The van der Waals surface area contributed by atoms with E-state index in [0.717, 1.165) is 0 Å². The van der Waals surface area contributed by atoms with Crippen molar-refractivity contribution in [2.75, 3.05) is 0 Å². The summed E-state index contributed by atoms with van der Waals surface area (Å²) in [6.45, 7) is 0. The first kappa shape index (κ1) is 10.3. The Balaban J connectivity index is 2.00. The van der Waals surface area contributed by atoms with E-state index in [-0.39, 0.29) is 0 Å². The normalized spacial score (nSPS) is 11.3. The molecule has 0 aliphatic rings. The van der Waals surface area contributed by atoms with Crippen molar-refractivity contribution in [3.05, 3.63) is 59.3 Å². The molecule has 2 heterocycles. The van der Waals surface area contributed by atoms with Crippen molar-refractivity contribution in [2.45, 2.75) is 0 Å². The summed E-state index contributed by atoms with van der Waals surface area (Å²) in [6, 6.07) is 17.5. The molecule has 4 rings (SSSR count). The molecule has 0 spiro atoms. The lowest BCUT2D eigenvalue weighted by Crippen LogP contribution is -1.74. The van der Waals surface area contributed by atoms with Gasteiger partial charge in [0.1, 0.15) is 0 Å². The fraction of sp³-hybridized carbons (Fsp3) is 0. The molecule has 0 atom stereocenters. The van der Waals surface area contributed by atoms with Crippen LogP contribution in [0.5, 0.6) is 0 Å². The SMILES string of the molecule is c1ccc2c(-c3ccc4sccc4c3)csc2c1. The number of rotatable bonds is 1. The maximum atomic E-state index is 2.29. The molecule has 2 aromatic carbocycles. The van der Waals surface area contributed by atoms with Crippen molar-refractivity contribution >= 4 is 42.8 Å². The van der Waals surface area contributed by atoms with Crippen LogP contribution in [-0.4, -0.2) is 0 Å². The third kappa shape index (κ3) is 1.50. The Bertz CT molecular complexity index is 836. The fourth-order valence-corrected chi connectivity index (χ4v) is 4.08. The molecule has 0 fully saturated rings. The molecular weight excluding hydrogens is 256 g/mol. The number of hydrogen-bond acceptors (Lipinski definition) is 2. The Kier molecular flexibility index (Phi) is 2.25. The number of thiophene rings is 2. The van der Waals surface area contributed by atoms with E-state index in [0.29, 0.717) is 0 Å². The molecule has 0 amide bonds. The molecule has 0 aliphatic carbocycles. The summed E-state index contributed by atoms with van der Waals surface area (Å²) in [5, 5.41) is 7.11. The summed E-state index contributed by atoms with van der Waals surface area (Å²) in [5.41, 5.74) is 2.67. The van der Waals surface area contributed by atoms with E-state index >= 15 is 0 Å². The maximum absolute atomic E-state index is 2.29. The molecule has 0 unspecified atom stereocenters. The van der Waals surface area contributed by atoms with Crippen molar-refractivity contribution in [1.29, 1.82) is 0 Å². The maximum Gasteiger partial charge on any atom is 0.0349 e. The van der Waals surface area contributed by atoms with E-state index in [1.165, 1.54) is 31.3 Å². The van der Waals surface area contributed by atoms with Gasteiger partial charge in [-0.15, -0.1) is 22.7 Å². The van der Waals surface area contributed by atoms with Crippen LogP contribution in [0.25, 0.3) is 31.3 Å². The lowest BCUT2D eigenvalue weighted by Gasteiger charge is -2.00. The van der Waals surface area contributed by atoms with Gasteiger partial charge in [0.25, 0.3) is 0 Å². The molecule has 86 valence electrons. The highest BCUT2D eigenvalue weighted by Crippen LogP contribution is 2.35. The molecular formula is C16H10S2. The van der Waals surface area contributed by atoms with E-state index in [2.05, 4.69) is 59.3 Å². The first-order chi connectivity index (χ1) is 8.92. The van der Waals surface area contributed by atoms with Crippen LogP contribution >= 0.6 is 22.7 Å². The van der Waals surface area contributed by atoms with Crippen LogP contribution in [0, 0.1) is 0 Å². The molecule has 0 radical (unpaired) electrons. The van der Waals surface area contributed by atoms with Gasteiger partial charge >= 0.3 is 0 Å². The summed E-state index contributed by atoms with van der Waals surface area (Å²) in [7, 11) is 0. The quantitative estimate of drug-likeness (QED) is 0.409. The first-order valence-electron chi connectivity index (χ1n) is 5.86. The van der Waals surface area contributed by atoms with Gasteiger partial charge in [0.15, 0.2) is 0 Å². The van der Waals surface area contributed by atoms with Gasteiger partial charge in [-0.3, -0.25) is 0 Å². The standard InChI is InChI=1S/C16H10S2/c1-2-4-16-13(3-1)14(10-18-16)11-5-6-15-12(9-11)7-8-17-15/h1-10H. The van der Waals surface area contributed by atoms with E-state index in [1.807, 2.05) is 11.3 Å². The van der Waals surface area contributed by atoms with Crippen LogP contribution in [0.3, 0.4) is 0 Å². The van der Waals surface area contributed by atoms with Gasteiger partial charge in [-0.05, 0) is 46.0 Å². The van der Waals surface area contributed by atoms with E-state index in [4.69, 9.17) is 0 Å². The van der Waals surface area contributed by atoms with Crippen molar-refractivity contribution in [3.8, 4) is 11.1 Å². The molecule has 18 heavy (non-hydrogen) atoms. The van der Waals surface area contributed by atoms with Crippen molar-refractivity contribution < 1.29 is 0 Å². The van der Waals surface area contributed by atoms with Gasteiger partial charge in [-0.1, -0.05) is 24.3 Å². The zero-order valence-corrected chi connectivity index (χ0v) is 11.2. The van der Waals surface area contributed by atoms with E-state index in [9.17, 15) is 0 Å². The monoisotopic (exact) mass is 266 g/mol. The van der Waals surface area contributed by atoms with Crippen LogP contribution in [0.2, 0.25) is 0 Å². The number of hydrogen-bond donors (Lipinski definition) is 0. The van der Waals surface area contributed by atoms with Crippen molar-refractivity contribution in [2.24, 2.45) is 0 Å². The van der Waals surface area contributed by atoms with Crippen molar-refractivity contribution in [1.82, 2.24) is 0 Å². The number of fused-ring (bicyclic) bond motifs is 2. The molecule has 0 nitrogen and oxygen atoms in total. The minimum absolute atomic E-state index is 1.32. The molecule has 2 heteroatoms. The summed E-state index contributed by atoms with van der Waals surface area (Å²) in [5.74, 6) is 0. The Morgan fingerprint density at radius 1 is 0.778 bits per heavy atom. The van der Waals surface area contributed by atoms with E-state index in [1.54, 1.807) is 11.3 Å². The molecule has 0 aliphatic heterocycles. The molecule has 0 bridgehead atoms. The van der Waals surface area contributed by atoms with Gasteiger partial charge < -0.3 is 0 Å². The molecule has 0 N–H and O–H groups in total. The molecule has 2 aromatic heterocycles. The average Bonchev–Trinajstić information content (AvgIpc) is 3.04. The third-order valence-electron chi connectivity index (χ3n) is 3.24. The van der Waals surface area contributed by atoms with Gasteiger partial charge in [0.05, 0.1) is 0 Å². The lowest BCUT2D eigenvalue weighted by atomic mass is 10.0. The average molecular weight is 266 g/mol. The minimum Gasteiger partial charge on any atom is -0.144 e. The Hall–Kier alpha value is -1.64. The highest BCUT2D eigenvalue weighted by atomic mass is 32.1. The second-order valence-corrected chi connectivity index (χ2v) is 6.18.